The van der Waals surface area contributed by atoms with Gasteiger partial charge in [0, 0.05) is 4.47 Å². The summed E-state index contributed by atoms with van der Waals surface area (Å²) in [6.07, 6.45) is 8.26. The SMILES string of the molecule is CCCC1CCC(COc2ccc(Br)cc2)CC1. The molecule has 0 radical (unpaired) electrons. The maximum absolute atomic E-state index is 5.87. The third kappa shape index (κ3) is 4.31. The summed E-state index contributed by atoms with van der Waals surface area (Å²) >= 11 is 3.44. The lowest BCUT2D eigenvalue weighted by Crippen LogP contribution is -2.20. The third-order valence-corrected chi connectivity index (χ3v) is 4.49. The highest BCUT2D eigenvalue weighted by Gasteiger charge is 2.20. The van der Waals surface area contributed by atoms with Gasteiger partial charge >= 0.3 is 0 Å². The van der Waals surface area contributed by atoms with Crippen LogP contribution in [0.2, 0.25) is 0 Å². The summed E-state index contributed by atoms with van der Waals surface area (Å²) in [6.45, 7) is 3.18. The van der Waals surface area contributed by atoms with Crippen molar-refractivity contribution in [3.63, 3.8) is 0 Å². The molecule has 18 heavy (non-hydrogen) atoms. The average molecular weight is 311 g/mol. The minimum absolute atomic E-state index is 0.766. The van der Waals surface area contributed by atoms with Crippen LogP contribution in [0.15, 0.2) is 28.7 Å². The smallest absolute Gasteiger partial charge is 0.119 e. The Morgan fingerprint density at radius 3 is 2.28 bits per heavy atom. The molecular formula is C16H23BrO. The van der Waals surface area contributed by atoms with E-state index in [9.17, 15) is 0 Å². The summed E-state index contributed by atoms with van der Waals surface area (Å²) in [5.41, 5.74) is 0. The van der Waals surface area contributed by atoms with Gasteiger partial charge < -0.3 is 4.74 Å². The Labute approximate surface area is 119 Å². The fourth-order valence-electron chi connectivity index (χ4n) is 2.84. The van der Waals surface area contributed by atoms with Gasteiger partial charge in [-0.3, -0.25) is 0 Å². The summed E-state index contributed by atoms with van der Waals surface area (Å²) < 4.78 is 6.98. The lowest BCUT2D eigenvalue weighted by Gasteiger charge is -2.28. The summed E-state index contributed by atoms with van der Waals surface area (Å²) in [6, 6.07) is 8.14. The quantitative estimate of drug-likeness (QED) is 0.704. The van der Waals surface area contributed by atoms with E-state index in [0.717, 1.165) is 28.7 Å². The van der Waals surface area contributed by atoms with Crippen LogP contribution in [0.25, 0.3) is 0 Å². The van der Waals surface area contributed by atoms with Crippen molar-refractivity contribution in [1.29, 1.82) is 0 Å². The Morgan fingerprint density at radius 1 is 1.06 bits per heavy atom. The van der Waals surface area contributed by atoms with Crippen LogP contribution < -0.4 is 4.74 Å². The van der Waals surface area contributed by atoms with E-state index >= 15 is 0 Å². The van der Waals surface area contributed by atoms with Crippen molar-refractivity contribution in [2.45, 2.75) is 45.4 Å². The average Bonchev–Trinajstić information content (AvgIpc) is 2.40. The molecule has 0 saturated heterocycles. The first kappa shape index (κ1) is 13.9. The molecule has 1 saturated carbocycles. The molecule has 0 heterocycles. The zero-order chi connectivity index (χ0) is 12.8. The maximum atomic E-state index is 5.87. The first-order valence-electron chi connectivity index (χ1n) is 7.16. The third-order valence-electron chi connectivity index (χ3n) is 3.96. The van der Waals surface area contributed by atoms with Crippen LogP contribution in [0.4, 0.5) is 0 Å². The largest absolute Gasteiger partial charge is 0.493 e. The molecule has 0 spiro atoms. The molecule has 100 valence electrons. The second-order valence-corrected chi connectivity index (χ2v) is 6.36. The van der Waals surface area contributed by atoms with Gasteiger partial charge in [0.15, 0.2) is 0 Å². The van der Waals surface area contributed by atoms with Gasteiger partial charge in [-0.25, -0.2) is 0 Å². The number of hydrogen-bond acceptors (Lipinski definition) is 1. The van der Waals surface area contributed by atoms with Gasteiger partial charge in [0.25, 0.3) is 0 Å². The summed E-state index contributed by atoms with van der Waals surface area (Å²) in [4.78, 5) is 0. The van der Waals surface area contributed by atoms with Crippen molar-refractivity contribution < 1.29 is 4.74 Å². The van der Waals surface area contributed by atoms with Crippen LogP contribution in [0, 0.1) is 11.8 Å². The van der Waals surface area contributed by atoms with Crippen LogP contribution in [-0.2, 0) is 0 Å². The predicted octanol–water partition coefficient (Wildman–Crippen LogP) is 5.43. The molecule has 1 aliphatic carbocycles. The first-order chi connectivity index (χ1) is 8.78. The van der Waals surface area contributed by atoms with Crippen LogP contribution >= 0.6 is 15.9 Å². The molecule has 0 N–H and O–H groups in total. The van der Waals surface area contributed by atoms with E-state index in [-0.39, 0.29) is 0 Å². The van der Waals surface area contributed by atoms with Gasteiger partial charge in [-0.05, 0) is 48.9 Å². The highest BCUT2D eigenvalue weighted by atomic mass is 79.9. The molecule has 0 atom stereocenters. The highest BCUT2D eigenvalue weighted by molar-refractivity contribution is 9.10. The minimum Gasteiger partial charge on any atom is -0.493 e. The van der Waals surface area contributed by atoms with E-state index in [1.165, 1.54) is 38.5 Å². The summed E-state index contributed by atoms with van der Waals surface area (Å²) in [5.74, 6) is 2.74. The van der Waals surface area contributed by atoms with Gasteiger partial charge in [0.1, 0.15) is 5.75 Å². The Hall–Kier alpha value is -0.500. The van der Waals surface area contributed by atoms with Crippen molar-refractivity contribution in [2.75, 3.05) is 6.61 Å². The molecule has 1 aromatic carbocycles. The molecule has 0 amide bonds. The van der Waals surface area contributed by atoms with Crippen molar-refractivity contribution in [1.82, 2.24) is 0 Å². The summed E-state index contributed by atoms with van der Waals surface area (Å²) in [7, 11) is 0. The topological polar surface area (TPSA) is 9.23 Å². The molecule has 0 aliphatic heterocycles. The predicted molar refractivity (Wildman–Crippen MR) is 80.0 cm³/mol. The van der Waals surface area contributed by atoms with Gasteiger partial charge in [-0.1, -0.05) is 48.5 Å². The van der Waals surface area contributed by atoms with E-state index in [2.05, 4.69) is 22.9 Å². The molecule has 0 bridgehead atoms. The van der Waals surface area contributed by atoms with Gasteiger partial charge in [-0.2, -0.15) is 0 Å². The molecule has 1 fully saturated rings. The summed E-state index contributed by atoms with van der Waals surface area (Å²) in [5, 5.41) is 0. The zero-order valence-electron chi connectivity index (χ0n) is 11.2. The fourth-order valence-corrected chi connectivity index (χ4v) is 3.10. The highest BCUT2D eigenvalue weighted by Crippen LogP contribution is 2.31. The van der Waals surface area contributed by atoms with E-state index in [1.54, 1.807) is 0 Å². The Balaban J connectivity index is 1.70. The van der Waals surface area contributed by atoms with Crippen LogP contribution in [0.1, 0.15) is 45.4 Å². The van der Waals surface area contributed by atoms with Crippen molar-refractivity contribution in [2.24, 2.45) is 11.8 Å². The van der Waals surface area contributed by atoms with E-state index in [0.29, 0.717) is 0 Å². The molecule has 1 nitrogen and oxygen atoms in total. The zero-order valence-corrected chi connectivity index (χ0v) is 12.8. The number of rotatable bonds is 5. The van der Waals surface area contributed by atoms with E-state index < -0.39 is 0 Å². The number of halogens is 1. The molecule has 1 aliphatic rings. The number of ether oxygens (including phenoxy) is 1. The second-order valence-electron chi connectivity index (χ2n) is 5.44. The monoisotopic (exact) mass is 310 g/mol. The van der Waals surface area contributed by atoms with Crippen molar-refractivity contribution in [3.05, 3.63) is 28.7 Å². The van der Waals surface area contributed by atoms with Gasteiger partial charge in [-0.15, -0.1) is 0 Å². The lowest BCUT2D eigenvalue weighted by atomic mass is 9.80. The van der Waals surface area contributed by atoms with Crippen LogP contribution in [0.3, 0.4) is 0 Å². The molecule has 0 unspecified atom stereocenters. The van der Waals surface area contributed by atoms with Gasteiger partial charge in [0.2, 0.25) is 0 Å². The van der Waals surface area contributed by atoms with Gasteiger partial charge in [0.05, 0.1) is 6.61 Å². The molecule has 2 rings (SSSR count). The second kappa shape index (κ2) is 7.18. The van der Waals surface area contributed by atoms with Crippen molar-refractivity contribution in [3.8, 4) is 5.75 Å². The molecule has 2 heteroatoms. The molecule has 1 aromatic rings. The Bertz CT molecular complexity index is 339. The van der Waals surface area contributed by atoms with E-state index in [1.807, 2.05) is 24.3 Å². The van der Waals surface area contributed by atoms with E-state index in [4.69, 9.17) is 4.74 Å². The number of hydrogen-bond donors (Lipinski definition) is 0. The fraction of sp³-hybridized carbons (Fsp3) is 0.625. The number of benzene rings is 1. The lowest BCUT2D eigenvalue weighted by molar-refractivity contribution is 0.178. The maximum Gasteiger partial charge on any atom is 0.119 e. The normalized spacial score (nSPS) is 23.9. The van der Waals surface area contributed by atoms with Crippen molar-refractivity contribution >= 4 is 15.9 Å². The standard InChI is InChI=1S/C16H23BrO/c1-2-3-13-4-6-14(7-5-13)12-18-16-10-8-15(17)9-11-16/h8-11,13-14H,2-7,12H2,1H3. The Morgan fingerprint density at radius 2 is 1.67 bits per heavy atom. The Kier molecular flexibility index (Phi) is 5.55. The van der Waals surface area contributed by atoms with Crippen LogP contribution in [-0.4, -0.2) is 6.61 Å². The first-order valence-corrected chi connectivity index (χ1v) is 7.95. The van der Waals surface area contributed by atoms with Crippen LogP contribution in [0.5, 0.6) is 5.75 Å². The molecular weight excluding hydrogens is 288 g/mol. The minimum atomic E-state index is 0.766. The molecule has 0 aromatic heterocycles.